The first kappa shape index (κ1) is 11.1. The Balaban J connectivity index is 2.02. The third-order valence-electron chi connectivity index (χ3n) is 3.21. The van der Waals surface area contributed by atoms with Crippen LogP contribution in [0.25, 0.3) is 0 Å². The van der Waals surface area contributed by atoms with Crippen LogP contribution in [-0.4, -0.2) is 24.0 Å². The van der Waals surface area contributed by atoms with Gasteiger partial charge in [0.1, 0.15) is 0 Å². The zero-order valence-electron chi connectivity index (χ0n) is 9.56. The van der Waals surface area contributed by atoms with Gasteiger partial charge in [0.2, 0.25) is 0 Å². The Kier molecular flexibility index (Phi) is 3.23. The minimum absolute atomic E-state index is 0.291. The van der Waals surface area contributed by atoms with E-state index < -0.39 is 0 Å². The number of nitrogens with two attached hydrogens (primary N) is 1. The maximum atomic E-state index is 8.82. The van der Waals surface area contributed by atoms with Crippen molar-refractivity contribution in [3.05, 3.63) is 35.4 Å². The van der Waals surface area contributed by atoms with Gasteiger partial charge in [-0.05, 0) is 23.6 Å². The van der Waals surface area contributed by atoms with Crippen molar-refractivity contribution in [2.45, 2.75) is 19.5 Å². The molecule has 2 N–H and O–H groups in total. The van der Waals surface area contributed by atoms with E-state index in [4.69, 9.17) is 11.0 Å². The molecule has 2 unspecified atom stereocenters. The summed E-state index contributed by atoms with van der Waals surface area (Å²) < 4.78 is 0. The number of hydrogen-bond acceptors (Lipinski definition) is 3. The summed E-state index contributed by atoms with van der Waals surface area (Å²) in [6.45, 7) is 5.10. The van der Waals surface area contributed by atoms with Gasteiger partial charge in [-0.1, -0.05) is 19.1 Å². The maximum Gasteiger partial charge on any atom is 0.0991 e. The number of nitriles is 1. The first-order valence-corrected chi connectivity index (χ1v) is 5.66. The van der Waals surface area contributed by atoms with Crippen molar-refractivity contribution in [1.29, 1.82) is 5.26 Å². The summed E-state index contributed by atoms with van der Waals surface area (Å²) in [6.07, 6.45) is 0. The SMILES string of the molecule is CC1CN(Cc2cccc(C#N)c2)CC1N. The molecule has 0 radical (unpaired) electrons. The lowest BCUT2D eigenvalue weighted by Gasteiger charge is -2.15. The van der Waals surface area contributed by atoms with Gasteiger partial charge in [0, 0.05) is 25.7 Å². The molecule has 1 aromatic rings. The molecule has 1 saturated heterocycles. The summed E-state index contributed by atoms with van der Waals surface area (Å²) in [7, 11) is 0. The molecule has 1 aliphatic heterocycles. The highest BCUT2D eigenvalue weighted by atomic mass is 15.2. The fourth-order valence-corrected chi connectivity index (χ4v) is 2.22. The monoisotopic (exact) mass is 215 g/mol. The second-order valence-corrected chi connectivity index (χ2v) is 4.65. The van der Waals surface area contributed by atoms with Crippen molar-refractivity contribution in [3.63, 3.8) is 0 Å². The molecule has 0 saturated carbocycles. The molecule has 16 heavy (non-hydrogen) atoms. The first-order chi connectivity index (χ1) is 7.69. The van der Waals surface area contributed by atoms with Gasteiger partial charge in [-0.25, -0.2) is 0 Å². The molecule has 1 aliphatic rings. The number of rotatable bonds is 2. The van der Waals surface area contributed by atoms with Gasteiger partial charge < -0.3 is 5.73 Å². The Labute approximate surface area is 96.5 Å². The van der Waals surface area contributed by atoms with Crippen LogP contribution < -0.4 is 5.73 Å². The van der Waals surface area contributed by atoms with Crippen LogP contribution in [0.1, 0.15) is 18.1 Å². The Morgan fingerprint density at radius 1 is 1.50 bits per heavy atom. The predicted molar refractivity (Wildman–Crippen MR) is 63.6 cm³/mol. The molecular weight excluding hydrogens is 198 g/mol. The Morgan fingerprint density at radius 2 is 2.31 bits per heavy atom. The molecule has 0 spiro atoms. The third-order valence-corrected chi connectivity index (χ3v) is 3.21. The maximum absolute atomic E-state index is 8.82. The third kappa shape index (κ3) is 2.41. The van der Waals surface area contributed by atoms with Crippen molar-refractivity contribution in [2.24, 2.45) is 11.7 Å². The van der Waals surface area contributed by atoms with Crippen molar-refractivity contribution in [1.82, 2.24) is 4.90 Å². The van der Waals surface area contributed by atoms with E-state index in [2.05, 4.69) is 24.0 Å². The topological polar surface area (TPSA) is 53.0 Å². The van der Waals surface area contributed by atoms with Crippen molar-refractivity contribution in [3.8, 4) is 6.07 Å². The van der Waals surface area contributed by atoms with Gasteiger partial charge in [-0.2, -0.15) is 5.26 Å². The minimum Gasteiger partial charge on any atom is -0.326 e. The van der Waals surface area contributed by atoms with Crippen LogP contribution in [0.5, 0.6) is 0 Å². The summed E-state index contributed by atoms with van der Waals surface area (Å²) in [4.78, 5) is 2.35. The fourth-order valence-electron chi connectivity index (χ4n) is 2.22. The van der Waals surface area contributed by atoms with Crippen LogP contribution in [0.2, 0.25) is 0 Å². The van der Waals surface area contributed by atoms with Crippen molar-refractivity contribution in [2.75, 3.05) is 13.1 Å². The first-order valence-electron chi connectivity index (χ1n) is 5.66. The molecule has 0 amide bonds. The van der Waals surface area contributed by atoms with E-state index in [1.54, 1.807) is 0 Å². The lowest BCUT2D eigenvalue weighted by Crippen LogP contribution is -2.28. The molecule has 2 atom stereocenters. The largest absolute Gasteiger partial charge is 0.326 e. The zero-order chi connectivity index (χ0) is 11.5. The summed E-state index contributed by atoms with van der Waals surface area (Å²) in [5, 5.41) is 8.82. The van der Waals surface area contributed by atoms with Gasteiger partial charge in [-0.15, -0.1) is 0 Å². The van der Waals surface area contributed by atoms with E-state index in [0.717, 1.165) is 25.2 Å². The van der Waals surface area contributed by atoms with Crippen LogP contribution in [0, 0.1) is 17.2 Å². The summed E-state index contributed by atoms with van der Waals surface area (Å²) >= 11 is 0. The Hall–Kier alpha value is -1.37. The molecule has 1 heterocycles. The molecular formula is C13H17N3. The lowest BCUT2D eigenvalue weighted by molar-refractivity contribution is 0.319. The molecule has 84 valence electrons. The van der Waals surface area contributed by atoms with E-state index in [9.17, 15) is 0 Å². The van der Waals surface area contributed by atoms with E-state index in [1.165, 1.54) is 5.56 Å². The average Bonchev–Trinajstić information content (AvgIpc) is 2.58. The highest BCUT2D eigenvalue weighted by Gasteiger charge is 2.26. The van der Waals surface area contributed by atoms with E-state index in [0.29, 0.717) is 12.0 Å². The Bertz CT molecular complexity index is 398. The smallest absolute Gasteiger partial charge is 0.0991 e. The zero-order valence-corrected chi connectivity index (χ0v) is 9.56. The van der Waals surface area contributed by atoms with Crippen LogP contribution >= 0.6 is 0 Å². The second-order valence-electron chi connectivity index (χ2n) is 4.65. The average molecular weight is 215 g/mol. The molecule has 1 aromatic carbocycles. The molecule has 0 bridgehead atoms. The predicted octanol–water partition coefficient (Wildman–Crippen LogP) is 1.34. The van der Waals surface area contributed by atoms with Crippen LogP contribution in [-0.2, 0) is 6.54 Å². The van der Waals surface area contributed by atoms with Gasteiger partial charge in [0.05, 0.1) is 11.6 Å². The molecule has 0 aromatic heterocycles. The molecule has 0 aliphatic carbocycles. The van der Waals surface area contributed by atoms with E-state index in [-0.39, 0.29) is 0 Å². The molecule has 2 rings (SSSR count). The van der Waals surface area contributed by atoms with Crippen molar-refractivity contribution >= 4 is 0 Å². The van der Waals surface area contributed by atoms with Crippen LogP contribution in [0.4, 0.5) is 0 Å². The number of hydrogen-bond donors (Lipinski definition) is 1. The van der Waals surface area contributed by atoms with Gasteiger partial charge in [-0.3, -0.25) is 4.90 Å². The summed E-state index contributed by atoms with van der Waals surface area (Å²) in [5.41, 5.74) is 7.91. The van der Waals surface area contributed by atoms with Gasteiger partial charge >= 0.3 is 0 Å². The highest BCUT2D eigenvalue weighted by Crippen LogP contribution is 2.17. The van der Waals surface area contributed by atoms with Crippen molar-refractivity contribution < 1.29 is 0 Å². The van der Waals surface area contributed by atoms with Crippen LogP contribution in [0.3, 0.4) is 0 Å². The standard InChI is InChI=1S/C13H17N3/c1-10-7-16(9-13(10)15)8-12-4-2-3-11(5-12)6-14/h2-5,10,13H,7-9,15H2,1H3. The van der Waals surface area contributed by atoms with E-state index >= 15 is 0 Å². The summed E-state index contributed by atoms with van der Waals surface area (Å²) in [6, 6.07) is 10.2. The van der Waals surface area contributed by atoms with Gasteiger partial charge in [0.25, 0.3) is 0 Å². The summed E-state index contributed by atoms with van der Waals surface area (Å²) in [5.74, 6) is 0.569. The normalized spacial score (nSPS) is 25.6. The quantitative estimate of drug-likeness (QED) is 0.810. The molecule has 3 nitrogen and oxygen atoms in total. The van der Waals surface area contributed by atoms with Crippen LogP contribution in [0.15, 0.2) is 24.3 Å². The lowest BCUT2D eigenvalue weighted by atomic mass is 10.1. The highest BCUT2D eigenvalue weighted by molar-refractivity contribution is 5.32. The molecule has 1 fully saturated rings. The van der Waals surface area contributed by atoms with Gasteiger partial charge in [0.15, 0.2) is 0 Å². The minimum atomic E-state index is 0.291. The molecule has 3 heteroatoms. The number of benzene rings is 1. The fraction of sp³-hybridized carbons (Fsp3) is 0.462. The second kappa shape index (κ2) is 4.65. The Morgan fingerprint density at radius 3 is 2.94 bits per heavy atom. The number of likely N-dealkylation sites (tertiary alicyclic amines) is 1. The van der Waals surface area contributed by atoms with E-state index in [1.807, 2.05) is 18.2 Å². The number of nitrogens with zero attached hydrogens (tertiary/aromatic N) is 2.